The van der Waals surface area contributed by atoms with Gasteiger partial charge in [0, 0.05) is 22.9 Å². The predicted octanol–water partition coefficient (Wildman–Crippen LogP) is 4.57. The van der Waals surface area contributed by atoms with Gasteiger partial charge >= 0.3 is 5.97 Å². The summed E-state index contributed by atoms with van der Waals surface area (Å²) in [6, 6.07) is 14.6. The number of esters is 1. The van der Waals surface area contributed by atoms with Gasteiger partial charge in [0.25, 0.3) is 0 Å². The van der Waals surface area contributed by atoms with Crippen LogP contribution in [0.5, 0.6) is 0 Å². The molecule has 0 aliphatic rings. The average molecular weight is 347 g/mol. The van der Waals surface area contributed by atoms with Crippen molar-refractivity contribution in [3.8, 4) is 12.3 Å². The number of benzene rings is 2. The molecule has 0 fully saturated rings. The van der Waals surface area contributed by atoms with E-state index in [1.165, 1.54) is 7.11 Å². The summed E-state index contributed by atoms with van der Waals surface area (Å²) in [5, 5.41) is 1.13. The molecule has 0 bridgehead atoms. The van der Waals surface area contributed by atoms with Gasteiger partial charge in [-0.05, 0) is 23.3 Å². The van der Waals surface area contributed by atoms with Crippen molar-refractivity contribution in [2.24, 2.45) is 5.41 Å². The standard InChI is InChI=1S/C19H16Cl2O2/c1-3-19(18(22)23-2,12-14-8-4-6-10-16(14)20)13-15-9-5-7-11-17(15)21/h1,4-11H,12-13H2,2H3. The number of hydrogen-bond acceptors (Lipinski definition) is 2. The van der Waals surface area contributed by atoms with Crippen LogP contribution in [0.3, 0.4) is 0 Å². The summed E-state index contributed by atoms with van der Waals surface area (Å²) < 4.78 is 4.96. The lowest BCUT2D eigenvalue weighted by molar-refractivity contribution is -0.149. The van der Waals surface area contributed by atoms with Crippen LogP contribution in [0, 0.1) is 17.8 Å². The van der Waals surface area contributed by atoms with Crippen molar-refractivity contribution in [1.82, 2.24) is 0 Å². The second-order valence-corrected chi connectivity index (χ2v) is 6.07. The third kappa shape index (κ3) is 3.88. The second kappa shape index (κ2) is 7.55. The molecular formula is C19H16Cl2O2. The SMILES string of the molecule is C#CC(Cc1ccccc1Cl)(Cc1ccccc1Cl)C(=O)OC. The highest BCUT2D eigenvalue weighted by atomic mass is 35.5. The van der Waals surface area contributed by atoms with Gasteiger partial charge in [-0.25, -0.2) is 0 Å². The number of hydrogen-bond donors (Lipinski definition) is 0. The number of rotatable bonds is 5. The van der Waals surface area contributed by atoms with E-state index in [9.17, 15) is 4.79 Å². The largest absolute Gasteiger partial charge is 0.468 e. The molecule has 2 aromatic rings. The van der Waals surface area contributed by atoms with E-state index in [4.69, 9.17) is 34.4 Å². The van der Waals surface area contributed by atoms with E-state index in [0.29, 0.717) is 10.0 Å². The van der Waals surface area contributed by atoms with Gasteiger partial charge in [-0.3, -0.25) is 4.79 Å². The van der Waals surface area contributed by atoms with Gasteiger partial charge in [0.15, 0.2) is 0 Å². The molecule has 0 saturated carbocycles. The summed E-state index contributed by atoms with van der Waals surface area (Å²) in [4.78, 5) is 12.4. The fourth-order valence-electron chi connectivity index (χ4n) is 2.50. The van der Waals surface area contributed by atoms with Crippen LogP contribution in [0.1, 0.15) is 11.1 Å². The van der Waals surface area contributed by atoms with Crippen LogP contribution in [0.25, 0.3) is 0 Å². The van der Waals surface area contributed by atoms with E-state index in [1.807, 2.05) is 36.4 Å². The summed E-state index contributed by atoms with van der Waals surface area (Å²) in [6.07, 6.45) is 6.30. The Hall–Kier alpha value is -1.95. The number of ether oxygens (including phenoxy) is 1. The van der Waals surface area contributed by atoms with Crippen molar-refractivity contribution in [3.05, 3.63) is 69.7 Å². The molecule has 0 spiro atoms. The first kappa shape index (κ1) is 17.4. The maximum Gasteiger partial charge on any atom is 0.324 e. The molecule has 2 nitrogen and oxygen atoms in total. The van der Waals surface area contributed by atoms with Crippen molar-refractivity contribution >= 4 is 29.2 Å². The lowest BCUT2D eigenvalue weighted by Crippen LogP contribution is -2.35. The Morgan fingerprint density at radius 3 is 1.83 bits per heavy atom. The summed E-state index contributed by atoms with van der Waals surface area (Å²) in [6.45, 7) is 0. The summed E-state index contributed by atoms with van der Waals surface area (Å²) in [5.74, 6) is 2.15. The van der Waals surface area contributed by atoms with Gasteiger partial charge in [0.1, 0.15) is 5.41 Å². The molecule has 23 heavy (non-hydrogen) atoms. The number of halogens is 2. The normalized spacial score (nSPS) is 10.9. The zero-order valence-corrected chi connectivity index (χ0v) is 14.2. The highest BCUT2D eigenvalue weighted by Crippen LogP contribution is 2.33. The van der Waals surface area contributed by atoms with Gasteiger partial charge in [0.2, 0.25) is 0 Å². The maximum atomic E-state index is 12.4. The van der Waals surface area contributed by atoms with Crippen LogP contribution in [0.2, 0.25) is 10.0 Å². The zero-order valence-electron chi connectivity index (χ0n) is 12.7. The molecule has 0 aliphatic carbocycles. The van der Waals surface area contributed by atoms with Gasteiger partial charge in [0.05, 0.1) is 7.11 Å². The molecule has 0 saturated heterocycles. The van der Waals surface area contributed by atoms with Crippen molar-refractivity contribution in [3.63, 3.8) is 0 Å². The fraction of sp³-hybridized carbons (Fsp3) is 0.211. The molecule has 0 unspecified atom stereocenters. The van der Waals surface area contributed by atoms with Crippen LogP contribution >= 0.6 is 23.2 Å². The number of carbonyl (C=O) groups is 1. The lowest BCUT2D eigenvalue weighted by Gasteiger charge is -2.26. The molecule has 0 N–H and O–H groups in total. The molecule has 0 amide bonds. The molecular weight excluding hydrogens is 331 g/mol. The first-order valence-electron chi connectivity index (χ1n) is 7.05. The van der Waals surface area contributed by atoms with Gasteiger partial charge in [-0.15, -0.1) is 6.42 Å². The van der Waals surface area contributed by atoms with E-state index in [1.54, 1.807) is 12.1 Å². The van der Waals surface area contributed by atoms with Crippen molar-refractivity contribution in [1.29, 1.82) is 0 Å². The third-order valence-electron chi connectivity index (χ3n) is 3.75. The first-order chi connectivity index (χ1) is 11.0. The molecule has 0 radical (unpaired) electrons. The van der Waals surface area contributed by atoms with Gasteiger partial charge in [-0.1, -0.05) is 65.5 Å². The van der Waals surface area contributed by atoms with E-state index in [2.05, 4.69) is 5.92 Å². The van der Waals surface area contributed by atoms with E-state index in [0.717, 1.165) is 11.1 Å². The topological polar surface area (TPSA) is 26.3 Å². The zero-order chi connectivity index (χ0) is 16.9. The smallest absolute Gasteiger partial charge is 0.324 e. The Labute approximate surface area is 146 Å². The monoisotopic (exact) mass is 346 g/mol. The van der Waals surface area contributed by atoms with Crippen molar-refractivity contribution in [2.45, 2.75) is 12.8 Å². The fourth-order valence-corrected chi connectivity index (χ4v) is 2.90. The Morgan fingerprint density at radius 1 is 1.04 bits per heavy atom. The molecule has 0 aliphatic heterocycles. The number of carbonyl (C=O) groups excluding carboxylic acids is 1. The molecule has 118 valence electrons. The second-order valence-electron chi connectivity index (χ2n) is 5.25. The Balaban J connectivity index is 2.45. The van der Waals surface area contributed by atoms with Crippen molar-refractivity contribution < 1.29 is 9.53 Å². The Kier molecular flexibility index (Phi) is 5.71. The van der Waals surface area contributed by atoms with E-state index < -0.39 is 11.4 Å². The highest BCUT2D eigenvalue weighted by molar-refractivity contribution is 6.31. The third-order valence-corrected chi connectivity index (χ3v) is 4.49. The van der Waals surface area contributed by atoms with Crippen LogP contribution in [0.15, 0.2) is 48.5 Å². The number of methoxy groups -OCH3 is 1. The number of terminal acetylenes is 1. The minimum Gasteiger partial charge on any atom is -0.468 e. The van der Waals surface area contributed by atoms with Crippen LogP contribution in [0.4, 0.5) is 0 Å². The summed E-state index contributed by atoms with van der Waals surface area (Å²) in [7, 11) is 1.33. The molecule has 2 aromatic carbocycles. The highest BCUT2D eigenvalue weighted by Gasteiger charge is 2.39. The van der Waals surface area contributed by atoms with Crippen LogP contribution in [-0.4, -0.2) is 13.1 Å². The predicted molar refractivity (Wildman–Crippen MR) is 93.6 cm³/mol. The van der Waals surface area contributed by atoms with Gasteiger partial charge < -0.3 is 4.74 Å². The molecule has 0 heterocycles. The summed E-state index contributed by atoms with van der Waals surface area (Å²) >= 11 is 12.4. The minimum absolute atomic E-state index is 0.279. The Bertz CT molecular complexity index is 700. The minimum atomic E-state index is -1.16. The molecule has 2 rings (SSSR count). The maximum absolute atomic E-state index is 12.4. The Morgan fingerprint density at radius 2 is 1.48 bits per heavy atom. The first-order valence-corrected chi connectivity index (χ1v) is 7.81. The quantitative estimate of drug-likeness (QED) is 0.585. The van der Waals surface area contributed by atoms with Crippen molar-refractivity contribution in [2.75, 3.05) is 7.11 Å². The van der Waals surface area contributed by atoms with Gasteiger partial charge in [-0.2, -0.15) is 0 Å². The average Bonchev–Trinajstić information content (AvgIpc) is 2.57. The van der Waals surface area contributed by atoms with E-state index in [-0.39, 0.29) is 12.8 Å². The summed E-state index contributed by atoms with van der Waals surface area (Å²) in [5.41, 5.74) is 0.430. The van der Waals surface area contributed by atoms with E-state index >= 15 is 0 Å². The van der Waals surface area contributed by atoms with Crippen LogP contribution < -0.4 is 0 Å². The lowest BCUT2D eigenvalue weighted by atomic mass is 9.77. The molecule has 0 atom stereocenters. The molecule has 0 aromatic heterocycles. The van der Waals surface area contributed by atoms with Crippen LogP contribution in [-0.2, 0) is 22.4 Å². The molecule has 4 heteroatoms.